The first kappa shape index (κ1) is 13.9. The Bertz CT molecular complexity index is 549. The summed E-state index contributed by atoms with van der Waals surface area (Å²) in [5, 5.41) is 0. The molecule has 1 aromatic rings. The van der Waals surface area contributed by atoms with Crippen molar-refractivity contribution in [2.45, 2.75) is 37.6 Å². The maximum atomic E-state index is 12.4. The topological polar surface area (TPSA) is 26.3 Å². The van der Waals surface area contributed by atoms with E-state index in [0.29, 0.717) is 0 Å². The van der Waals surface area contributed by atoms with Gasteiger partial charge in [0.15, 0.2) is 0 Å². The molecule has 1 saturated heterocycles. The third kappa shape index (κ3) is 2.23. The molecule has 1 fully saturated rings. The first-order chi connectivity index (χ1) is 9.42. The molecule has 20 heavy (non-hydrogen) atoms. The van der Waals surface area contributed by atoms with E-state index in [-0.39, 0.29) is 37.1 Å². The van der Waals surface area contributed by atoms with Crippen LogP contribution >= 0.6 is 0 Å². The Morgan fingerprint density at radius 2 is 1.90 bits per heavy atom. The molecule has 0 amide bonds. The van der Waals surface area contributed by atoms with Crippen LogP contribution in [0, 0.1) is 11.3 Å². The van der Waals surface area contributed by atoms with Gasteiger partial charge >= 0.3 is 126 Å². The van der Waals surface area contributed by atoms with Crippen LogP contribution in [0.4, 0.5) is 0 Å². The molecule has 3 heteroatoms. The Morgan fingerprint density at radius 1 is 1.20 bits per heavy atom. The normalized spacial score (nSPS) is 34.6. The Hall–Kier alpha value is -1.05. The van der Waals surface area contributed by atoms with Crippen molar-refractivity contribution in [1.29, 1.82) is 0 Å². The molecule has 0 bridgehead atoms. The molecule has 3 rings (SSSR count). The van der Waals surface area contributed by atoms with Crippen LogP contribution in [0.15, 0.2) is 42.5 Å². The molecule has 0 radical (unpaired) electrons. The zero-order valence-corrected chi connectivity index (χ0v) is 13.8. The fourth-order valence-electron chi connectivity index (χ4n) is 3.58. The van der Waals surface area contributed by atoms with Crippen molar-refractivity contribution in [2.75, 3.05) is 0 Å². The van der Waals surface area contributed by atoms with E-state index in [9.17, 15) is 4.79 Å². The second kappa shape index (κ2) is 4.75. The molecular weight excluding hydrogens is 315 g/mol. The van der Waals surface area contributed by atoms with Gasteiger partial charge in [0.1, 0.15) is 0 Å². The molecule has 106 valence electrons. The molecule has 3 atom stereocenters. The Kier molecular flexibility index (Phi) is 3.30. The number of carbonyl (C=O) groups excluding carboxylic acids is 1. The van der Waals surface area contributed by atoms with E-state index in [4.69, 9.17) is 4.74 Å². The summed E-state index contributed by atoms with van der Waals surface area (Å²) in [6.07, 6.45) is 5.29. The van der Waals surface area contributed by atoms with Gasteiger partial charge in [-0.3, -0.25) is 0 Å². The summed E-state index contributed by atoms with van der Waals surface area (Å²) in [6.45, 7) is 6.58. The summed E-state index contributed by atoms with van der Waals surface area (Å²) < 4.78 is 7.04. The summed E-state index contributed by atoms with van der Waals surface area (Å²) in [7, 11) is 0. The van der Waals surface area contributed by atoms with E-state index in [0.717, 1.165) is 6.42 Å². The van der Waals surface area contributed by atoms with E-state index in [1.807, 2.05) is 18.2 Å². The molecule has 1 heterocycles. The molecule has 1 aliphatic carbocycles. The van der Waals surface area contributed by atoms with Gasteiger partial charge in [-0.05, 0) is 0 Å². The molecule has 2 nitrogen and oxygen atoms in total. The van der Waals surface area contributed by atoms with Crippen LogP contribution in [-0.2, 0) is 9.53 Å². The van der Waals surface area contributed by atoms with E-state index in [2.05, 4.69) is 45.1 Å². The molecule has 0 saturated carbocycles. The predicted molar refractivity (Wildman–Crippen MR) is 81.1 cm³/mol. The third-order valence-corrected chi connectivity index (χ3v) is 7.06. The van der Waals surface area contributed by atoms with Crippen LogP contribution in [0.5, 0.6) is 0 Å². The average Bonchev–Trinajstić information content (AvgIpc) is 2.62. The van der Waals surface area contributed by atoms with Crippen molar-refractivity contribution in [3.05, 3.63) is 42.5 Å². The van der Waals surface area contributed by atoms with Crippen LogP contribution in [-0.4, -0.2) is 26.5 Å². The Labute approximate surface area is 126 Å². The fourth-order valence-corrected chi connectivity index (χ4v) is 6.79. The monoisotopic (exact) mass is 336 g/mol. The van der Waals surface area contributed by atoms with Crippen LogP contribution < -0.4 is 4.46 Å². The van der Waals surface area contributed by atoms with Gasteiger partial charge in [-0.25, -0.2) is 0 Å². The molecule has 0 N–H and O–H groups in total. The Morgan fingerprint density at radius 3 is 2.60 bits per heavy atom. The second-order valence-corrected chi connectivity index (χ2v) is 9.08. The summed E-state index contributed by atoms with van der Waals surface area (Å²) in [5.74, 6) is 0.258. The van der Waals surface area contributed by atoms with Gasteiger partial charge in [0.2, 0.25) is 0 Å². The van der Waals surface area contributed by atoms with Gasteiger partial charge in [0.25, 0.3) is 0 Å². The van der Waals surface area contributed by atoms with E-state index in [1.165, 1.54) is 4.46 Å². The van der Waals surface area contributed by atoms with E-state index in [1.54, 1.807) is 0 Å². The van der Waals surface area contributed by atoms with Crippen molar-refractivity contribution in [1.82, 2.24) is 0 Å². The van der Waals surface area contributed by atoms with Crippen molar-refractivity contribution in [3.8, 4) is 0 Å². The number of rotatable bonds is 2. The SMILES string of the molecule is CC1(C)CC=C[C@]2(C)OC(=O)C([Se]c3ccccc3)[C@H]12. The van der Waals surface area contributed by atoms with Gasteiger partial charge < -0.3 is 0 Å². The number of allylic oxidation sites excluding steroid dienone is 1. The minimum absolute atomic E-state index is 0.0130. The van der Waals surface area contributed by atoms with Crippen LogP contribution in [0.2, 0.25) is 4.82 Å². The quantitative estimate of drug-likeness (QED) is 0.472. The van der Waals surface area contributed by atoms with Crippen molar-refractivity contribution < 1.29 is 9.53 Å². The average molecular weight is 335 g/mol. The Balaban J connectivity index is 1.94. The first-order valence-electron chi connectivity index (χ1n) is 7.05. The maximum absolute atomic E-state index is 12.4. The molecule has 0 aromatic heterocycles. The number of benzene rings is 1. The van der Waals surface area contributed by atoms with Crippen LogP contribution in [0.25, 0.3) is 0 Å². The van der Waals surface area contributed by atoms with Gasteiger partial charge in [-0.1, -0.05) is 0 Å². The van der Waals surface area contributed by atoms with Gasteiger partial charge in [0.05, 0.1) is 0 Å². The van der Waals surface area contributed by atoms with Gasteiger partial charge in [-0.2, -0.15) is 0 Å². The summed E-state index contributed by atoms with van der Waals surface area (Å²) in [5.41, 5.74) is -0.309. The van der Waals surface area contributed by atoms with Crippen molar-refractivity contribution in [2.24, 2.45) is 11.3 Å². The number of ether oxygens (including phenoxy) is 1. The summed E-state index contributed by atoms with van der Waals surface area (Å²) in [6, 6.07) is 10.3. The number of esters is 1. The minimum atomic E-state index is -0.417. The zero-order chi connectivity index (χ0) is 14.4. The molecule has 0 spiro atoms. The third-order valence-electron chi connectivity index (χ3n) is 4.41. The van der Waals surface area contributed by atoms with Gasteiger partial charge in [0, 0.05) is 0 Å². The molecule has 1 aromatic carbocycles. The van der Waals surface area contributed by atoms with E-state index >= 15 is 0 Å². The van der Waals surface area contributed by atoms with Crippen LogP contribution in [0.1, 0.15) is 27.2 Å². The standard InChI is InChI=1S/C17H20O2Se/c1-16(2)10-7-11-17(3)14(16)13(15(18)19-17)20-12-8-5-4-6-9-12/h4-9,11,13-14H,10H2,1-3H3/t13?,14-,17+/m1/s1. The molecular formula is C17H20O2Se. The van der Waals surface area contributed by atoms with Gasteiger partial charge in [-0.15, -0.1) is 0 Å². The van der Waals surface area contributed by atoms with E-state index < -0.39 is 5.60 Å². The second-order valence-electron chi connectivity index (χ2n) is 6.53. The summed E-state index contributed by atoms with van der Waals surface area (Å²) in [4.78, 5) is 12.4. The molecule has 2 aliphatic rings. The van der Waals surface area contributed by atoms with Crippen LogP contribution in [0.3, 0.4) is 0 Å². The first-order valence-corrected chi connectivity index (χ1v) is 8.89. The number of hydrogen-bond donors (Lipinski definition) is 0. The van der Waals surface area contributed by atoms with Crippen molar-refractivity contribution >= 4 is 25.4 Å². The number of carbonyl (C=O) groups is 1. The predicted octanol–water partition coefficient (Wildman–Crippen LogP) is 2.72. The number of fused-ring (bicyclic) bond motifs is 1. The number of hydrogen-bond acceptors (Lipinski definition) is 2. The molecule has 1 unspecified atom stereocenters. The molecule has 1 aliphatic heterocycles. The summed E-state index contributed by atoms with van der Waals surface area (Å²) >= 11 is 0.128. The zero-order valence-electron chi connectivity index (χ0n) is 12.1. The van der Waals surface area contributed by atoms with Crippen molar-refractivity contribution in [3.63, 3.8) is 0 Å². The fraction of sp³-hybridized carbons (Fsp3) is 0.471.